The Morgan fingerprint density at radius 2 is 0.490 bits per heavy atom. The number of rotatable bonds is 5. The van der Waals surface area contributed by atoms with E-state index in [-0.39, 0.29) is 74.4 Å². The van der Waals surface area contributed by atoms with Crippen molar-refractivity contribution in [2.24, 2.45) is 0 Å². The van der Waals surface area contributed by atoms with Crippen molar-refractivity contribution in [3.05, 3.63) is 108 Å². The molecule has 0 saturated heterocycles. The summed E-state index contributed by atoms with van der Waals surface area (Å²) in [6.45, 7) is 0. The molecule has 0 atom stereocenters. The van der Waals surface area contributed by atoms with Crippen LogP contribution in [0.3, 0.4) is 0 Å². The molecule has 0 aliphatic rings. The van der Waals surface area contributed by atoms with Crippen molar-refractivity contribution in [2.75, 3.05) is 0 Å². The Bertz CT molecular complexity index is 1110. The molecule has 0 aromatic heterocycles. The Labute approximate surface area is 366 Å². The molecule has 49 heavy (non-hydrogen) atoms. The van der Waals surface area contributed by atoms with Crippen LogP contribution in [-0.2, 0) is 26.7 Å². The molecule has 18 nitrogen and oxygen atoms in total. The summed E-state index contributed by atoms with van der Waals surface area (Å²) in [5.74, 6) is 0. The van der Waals surface area contributed by atoms with E-state index in [2.05, 4.69) is 0 Å². The van der Waals surface area contributed by atoms with E-state index in [0.717, 1.165) is 16.7 Å². The van der Waals surface area contributed by atoms with Crippen molar-refractivity contribution in [3.63, 3.8) is 0 Å². The van der Waals surface area contributed by atoms with Crippen LogP contribution in [0.25, 0.3) is 0 Å². The average molecular weight is 1480 g/mol. The molecule has 0 fully saturated rings. The molecule has 0 aliphatic carbocycles. The Balaban J connectivity index is -0.0000000740. The van der Waals surface area contributed by atoms with Gasteiger partial charge in [0.05, 0.1) is 0 Å². The topological polar surface area (TPSA) is 365 Å². The van der Waals surface area contributed by atoms with Crippen molar-refractivity contribution in [1.82, 2.24) is 0 Å². The van der Waals surface area contributed by atoms with Crippen LogP contribution in [0.5, 0.6) is 0 Å². The minimum atomic E-state index is -4.25. The zero-order valence-electron chi connectivity index (χ0n) is 23.1. The first kappa shape index (κ1) is 72.8. The van der Waals surface area contributed by atoms with Crippen LogP contribution in [0.15, 0.2) is 91.0 Å². The molecule has 0 bridgehead atoms. The molecule has 0 saturated carbocycles. The van der Waals surface area contributed by atoms with Crippen molar-refractivity contribution in [1.29, 1.82) is 0 Å². The Hall–Kier alpha value is 2.63. The fourth-order valence-corrected chi connectivity index (χ4v) is 4.33. The first-order valence-corrected chi connectivity index (χ1v) is 28.7. The van der Waals surface area contributed by atoms with E-state index in [1.165, 1.54) is 0 Å². The molecule has 0 aliphatic heterocycles. The summed E-state index contributed by atoms with van der Waals surface area (Å²) < 4.78 is 158. The van der Waals surface area contributed by atoms with Crippen LogP contribution in [-0.4, -0.2) is 126 Å². The third kappa shape index (κ3) is 48.6. The summed E-state index contributed by atoms with van der Waals surface area (Å²) in [4.78, 5) is 0. The van der Waals surface area contributed by atoms with Crippen molar-refractivity contribution < 1.29 is 58.4 Å². The van der Waals surface area contributed by atoms with Crippen LogP contribution in [0.2, 0.25) is 0 Å². The Kier molecular flexibility index (Phi) is 69.5. The van der Waals surface area contributed by atoms with E-state index in [4.69, 9.17) is 52.0 Å². The first-order chi connectivity index (χ1) is 19.9. The van der Waals surface area contributed by atoms with E-state index in [1.807, 2.05) is 91.0 Å². The summed E-state index contributed by atoms with van der Waals surface area (Å²) in [5.41, 5.74) is 1.23. The summed E-state index contributed by atoms with van der Waals surface area (Å²) >= 11 is -25.3. The number of benzene rings is 3. The van der Waals surface area contributed by atoms with Gasteiger partial charge in [-0.3, -0.25) is 0 Å². The monoisotopic (exact) mass is 1470 g/mol. The molecular weight excluding hydrogens is 1460 g/mol. The fourth-order valence-electron chi connectivity index (χ4n) is 2.79. The van der Waals surface area contributed by atoms with Crippen molar-refractivity contribution in [3.8, 4) is 0 Å². The molecule has 6 radical (unpaired) electrons. The Morgan fingerprint density at radius 1 is 0.347 bits per heavy atom. The van der Waals surface area contributed by atoms with Gasteiger partial charge in [0, 0.05) is 0 Å². The van der Waals surface area contributed by atoms with Crippen LogP contribution in [0, 0.1) is 0 Å². The number of hydrogen-bond acceptors (Lipinski definition) is 18. The van der Waals surface area contributed by atoms with E-state index >= 15 is 0 Å². The maximum atomic E-state index is 11.7. The molecule has 288 valence electrons. The molecule has 0 spiro atoms. The van der Waals surface area contributed by atoms with Gasteiger partial charge in [0.2, 0.25) is 0 Å². The predicted molar refractivity (Wildman–Crippen MR) is 162 cm³/mol. The van der Waals surface area contributed by atoms with Gasteiger partial charge in [-0.05, 0) is 0 Å². The average Bonchev–Trinajstić information content (AvgIpc) is 2.87. The molecule has 0 amide bonds. The molecular formula is C19H21Cl6O18Sb6-11. The maximum absolute atomic E-state index is 11.7. The molecule has 3 aromatic rings. The van der Waals surface area contributed by atoms with Gasteiger partial charge in [-0.25, -0.2) is 0 Å². The second-order valence-corrected chi connectivity index (χ2v) is 14.4. The Morgan fingerprint density at radius 3 is 0.612 bits per heavy atom. The van der Waals surface area contributed by atoms with Gasteiger partial charge in [-0.2, -0.15) is 0 Å². The summed E-state index contributed by atoms with van der Waals surface area (Å²) in [5, 5.41) is 0. The fraction of sp³-hybridized carbons (Fsp3) is 0.0526. The van der Waals surface area contributed by atoms with Crippen molar-refractivity contribution >= 4 is 201 Å². The van der Waals surface area contributed by atoms with E-state index in [1.54, 1.807) is 0 Å². The van der Waals surface area contributed by atoms with Gasteiger partial charge in [-0.15, -0.1) is 74.4 Å². The van der Waals surface area contributed by atoms with Crippen LogP contribution < -0.4 is 37.2 Å². The zero-order chi connectivity index (χ0) is 34.0. The van der Waals surface area contributed by atoms with Crippen molar-refractivity contribution in [2.45, 2.75) is 5.60 Å². The summed E-state index contributed by atoms with van der Waals surface area (Å²) in [7, 11) is 0. The third-order valence-corrected chi connectivity index (χ3v) is 4.96. The van der Waals surface area contributed by atoms with E-state index in [9.17, 15) is 6.40 Å². The van der Waals surface area contributed by atoms with E-state index < -0.39 is 132 Å². The molecule has 3 rings (SSSR count). The standard InChI is InChI=1S/C19H15O.6ClH.17O.6Sb/c20-19(16-10-4-1-5-11-16,17-12-6-2-7-13-17)18-14-8-3-9-15-18;;;;;;;;;;;;;;;;;;;;;;;;;;;;;/h1-15H;6*1H;;;;;;;;;;;;;;;;;;;;;;;/q-1;;;;;;;;;;;;;11*-1;;;;;;+1. The summed E-state index contributed by atoms with van der Waals surface area (Å²) in [6, 6.07) is 28.4. The molecule has 30 heteroatoms. The van der Waals surface area contributed by atoms with Gasteiger partial charge in [0.15, 0.2) is 0 Å². The van der Waals surface area contributed by atoms with Gasteiger partial charge in [0.25, 0.3) is 0 Å². The first-order valence-electron chi connectivity index (χ1n) is 9.97. The normalized spacial score (nSPS) is 7.90. The molecule has 0 N–H and O–H groups in total. The van der Waals surface area contributed by atoms with Gasteiger partial charge in [-0.1, -0.05) is 0 Å². The zero-order valence-corrected chi connectivity index (χ0v) is 43.4. The molecule has 3 aromatic carbocycles. The second-order valence-electron chi connectivity index (χ2n) is 6.21. The van der Waals surface area contributed by atoms with Crippen LogP contribution in [0.4, 0.5) is 0 Å². The van der Waals surface area contributed by atoms with Crippen LogP contribution in [0.1, 0.15) is 16.7 Å². The number of halogens is 6. The van der Waals surface area contributed by atoms with E-state index in [0.29, 0.717) is 0 Å². The third-order valence-electron chi connectivity index (χ3n) is 3.75. The number of hydrogen-bond donors (Lipinski definition) is 0. The van der Waals surface area contributed by atoms with Gasteiger partial charge in [0.1, 0.15) is 0 Å². The van der Waals surface area contributed by atoms with Gasteiger partial charge < -0.3 is 0 Å². The SMILES string of the molecule is Cl.Cl.Cl.Cl.Cl.Cl.[O]=[Sb]([O-])[O-].[O]=[Sb]([O-])[O-].[O]=[Sb]([O-])[O-].[O]=[Sb]([O-])[O-].[O]=[Sb]([O-])[O-].[O]=[Sb]([O-])[O]C(c1ccccc1)(c1ccccc1)c1ccccc1. The molecule has 0 unspecified atom stereocenters. The van der Waals surface area contributed by atoms with Gasteiger partial charge >= 0.3 is 298 Å². The second kappa shape index (κ2) is 46.8. The molecule has 0 heterocycles. The summed E-state index contributed by atoms with van der Waals surface area (Å²) in [6.07, 6.45) is 0. The predicted octanol–water partition coefficient (Wildman–Crippen LogP) is -9.09. The quantitative estimate of drug-likeness (QED) is 0.169. The minimum absolute atomic E-state index is 0. The van der Waals surface area contributed by atoms with Crippen LogP contribution >= 0.6 is 74.4 Å².